The number of hydrogen-bond acceptors (Lipinski definition) is 8. The highest BCUT2D eigenvalue weighted by Crippen LogP contribution is 2.25. The van der Waals surface area contributed by atoms with Crippen LogP contribution < -0.4 is 15.5 Å². The first-order valence-electron chi connectivity index (χ1n) is 12.3. The third-order valence-corrected chi connectivity index (χ3v) is 6.71. The zero-order valence-corrected chi connectivity index (χ0v) is 21.0. The Morgan fingerprint density at radius 1 is 0.972 bits per heavy atom. The molecule has 3 aromatic rings. The molecule has 36 heavy (non-hydrogen) atoms. The van der Waals surface area contributed by atoms with Gasteiger partial charge >= 0.3 is 6.09 Å². The van der Waals surface area contributed by atoms with Gasteiger partial charge in [0.05, 0.1) is 6.61 Å². The Bertz CT molecular complexity index is 1170. The number of fused-ring (bicyclic) bond motifs is 1. The Labute approximate surface area is 215 Å². The molecule has 1 saturated heterocycles. The Morgan fingerprint density at radius 3 is 2.31 bits per heavy atom. The Hall–Kier alpha value is -3.59. The molecular formula is C26H30ClN7O2. The molecule has 5 rings (SSSR count). The van der Waals surface area contributed by atoms with Crippen LogP contribution in [0.5, 0.6) is 0 Å². The summed E-state index contributed by atoms with van der Waals surface area (Å²) in [6.45, 7) is 5.09. The van der Waals surface area contributed by atoms with Crippen LogP contribution in [0.2, 0.25) is 5.02 Å². The lowest BCUT2D eigenvalue weighted by Gasteiger charge is -2.34. The van der Waals surface area contributed by atoms with Crippen LogP contribution in [-0.4, -0.2) is 64.8 Å². The molecule has 1 aliphatic carbocycles. The van der Waals surface area contributed by atoms with Gasteiger partial charge in [-0.3, -0.25) is 0 Å². The fourth-order valence-electron chi connectivity index (χ4n) is 4.58. The molecule has 9 nitrogen and oxygen atoms in total. The molecule has 1 fully saturated rings. The van der Waals surface area contributed by atoms with Crippen molar-refractivity contribution in [3.05, 3.63) is 70.2 Å². The summed E-state index contributed by atoms with van der Waals surface area (Å²) >= 11 is 6.02. The van der Waals surface area contributed by atoms with Gasteiger partial charge in [-0.25, -0.2) is 4.79 Å². The molecule has 0 atom stereocenters. The largest absolute Gasteiger partial charge is 0.450 e. The summed E-state index contributed by atoms with van der Waals surface area (Å²) in [6, 6.07) is 16.4. The van der Waals surface area contributed by atoms with Gasteiger partial charge < -0.3 is 25.2 Å². The predicted octanol–water partition coefficient (Wildman–Crippen LogP) is 3.99. The molecule has 1 aliphatic heterocycles. The summed E-state index contributed by atoms with van der Waals surface area (Å²) in [5, 5.41) is 7.56. The quantitative estimate of drug-likeness (QED) is 0.495. The summed E-state index contributed by atoms with van der Waals surface area (Å²) in [4.78, 5) is 30.0. The fourth-order valence-corrected chi connectivity index (χ4v) is 4.71. The van der Waals surface area contributed by atoms with Gasteiger partial charge in [0.15, 0.2) is 0 Å². The number of anilines is 3. The van der Waals surface area contributed by atoms with E-state index in [1.165, 1.54) is 11.1 Å². The van der Waals surface area contributed by atoms with Crippen molar-refractivity contribution in [2.45, 2.75) is 32.4 Å². The van der Waals surface area contributed by atoms with Crippen LogP contribution in [0.3, 0.4) is 0 Å². The van der Waals surface area contributed by atoms with E-state index in [0.29, 0.717) is 62.2 Å². The normalized spacial score (nSPS) is 15.5. The van der Waals surface area contributed by atoms with Crippen molar-refractivity contribution in [2.24, 2.45) is 0 Å². The molecule has 2 heterocycles. The van der Waals surface area contributed by atoms with Gasteiger partial charge in [-0.2, -0.15) is 15.0 Å². The first-order chi connectivity index (χ1) is 17.6. The van der Waals surface area contributed by atoms with Crippen LogP contribution in [0, 0.1) is 0 Å². The predicted molar refractivity (Wildman–Crippen MR) is 141 cm³/mol. The van der Waals surface area contributed by atoms with Gasteiger partial charge in [0.25, 0.3) is 0 Å². The second kappa shape index (κ2) is 11.0. The second-order valence-corrected chi connectivity index (χ2v) is 9.39. The van der Waals surface area contributed by atoms with Crippen LogP contribution >= 0.6 is 11.6 Å². The second-order valence-electron chi connectivity index (χ2n) is 8.95. The van der Waals surface area contributed by atoms with Crippen LogP contribution in [0.25, 0.3) is 0 Å². The monoisotopic (exact) mass is 507 g/mol. The molecule has 1 amide bonds. The minimum atomic E-state index is -0.277. The first-order valence-corrected chi connectivity index (χ1v) is 12.7. The lowest BCUT2D eigenvalue weighted by Crippen LogP contribution is -2.49. The minimum absolute atomic E-state index is 0.224. The van der Waals surface area contributed by atoms with Gasteiger partial charge in [-0.05, 0) is 48.6 Å². The van der Waals surface area contributed by atoms with E-state index < -0.39 is 0 Å². The highest BCUT2D eigenvalue weighted by molar-refractivity contribution is 6.30. The molecule has 1 aromatic heterocycles. The maximum absolute atomic E-state index is 12.1. The van der Waals surface area contributed by atoms with E-state index in [9.17, 15) is 4.79 Å². The molecule has 2 N–H and O–H groups in total. The highest BCUT2D eigenvalue weighted by Gasteiger charge is 2.26. The van der Waals surface area contributed by atoms with Crippen LogP contribution in [0.4, 0.5) is 22.6 Å². The van der Waals surface area contributed by atoms with Gasteiger partial charge in [-0.15, -0.1) is 0 Å². The van der Waals surface area contributed by atoms with E-state index in [-0.39, 0.29) is 12.1 Å². The number of nitrogens with zero attached hydrogens (tertiary/aromatic N) is 5. The fraction of sp³-hybridized carbons (Fsp3) is 0.385. The number of rotatable bonds is 7. The van der Waals surface area contributed by atoms with Gasteiger partial charge in [-0.1, -0.05) is 48.0 Å². The van der Waals surface area contributed by atoms with Gasteiger partial charge in [0.2, 0.25) is 17.8 Å². The van der Waals surface area contributed by atoms with Crippen molar-refractivity contribution in [3.63, 3.8) is 0 Å². The smallest absolute Gasteiger partial charge is 0.409 e. The Morgan fingerprint density at radius 2 is 1.64 bits per heavy atom. The molecule has 2 aromatic carbocycles. The zero-order valence-electron chi connectivity index (χ0n) is 20.3. The number of piperazine rings is 1. The number of benzene rings is 2. The Kier molecular flexibility index (Phi) is 7.36. The number of halogens is 1. The van der Waals surface area contributed by atoms with E-state index in [1.807, 2.05) is 31.2 Å². The third kappa shape index (κ3) is 5.79. The van der Waals surface area contributed by atoms with Crippen LogP contribution in [0.1, 0.15) is 23.6 Å². The van der Waals surface area contributed by atoms with Crippen molar-refractivity contribution in [1.29, 1.82) is 0 Å². The number of carbonyl (C=O) groups excluding carboxylic acids is 1. The number of carbonyl (C=O) groups is 1. The molecule has 0 saturated carbocycles. The van der Waals surface area contributed by atoms with Crippen molar-refractivity contribution in [2.75, 3.05) is 48.3 Å². The average Bonchev–Trinajstić information content (AvgIpc) is 3.31. The number of amides is 1. The zero-order chi connectivity index (χ0) is 24.9. The highest BCUT2D eigenvalue weighted by atomic mass is 35.5. The summed E-state index contributed by atoms with van der Waals surface area (Å²) < 4.78 is 5.14. The number of hydrogen-bond donors (Lipinski definition) is 2. The van der Waals surface area contributed by atoms with E-state index >= 15 is 0 Å². The summed E-state index contributed by atoms with van der Waals surface area (Å²) in [5.74, 6) is 1.63. The van der Waals surface area contributed by atoms with E-state index in [1.54, 1.807) is 4.90 Å². The molecule has 0 radical (unpaired) electrons. The molecule has 2 aliphatic rings. The van der Waals surface area contributed by atoms with Crippen molar-refractivity contribution in [3.8, 4) is 0 Å². The van der Waals surface area contributed by atoms with E-state index in [0.717, 1.165) is 18.4 Å². The third-order valence-electron chi connectivity index (χ3n) is 6.46. The topological polar surface area (TPSA) is 95.5 Å². The lowest BCUT2D eigenvalue weighted by atomic mass is 10.1. The van der Waals surface area contributed by atoms with Gasteiger partial charge in [0, 0.05) is 43.8 Å². The minimum Gasteiger partial charge on any atom is -0.450 e. The maximum Gasteiger partial charge on any atom is 0.409 e. The van der Waals surface area contributed by atoms with Crippen molar-refractivity contribution < 1.29 is 9.53 Å². The number of aromatic nitrogens is 3. The van der Waals surface area contributed by atoms with Crippen LogP contribution in [-0.2, 0) is 24.1 Å². The van der Waals surface area contributed by atoms with E-state index in [2.05, 4.69) is 44.8 Å². The lowest BCUT2D eigenvalue weighted by molar-refractivity contribution is 0.105. The van der Waals surface area contributed by atoms with Crippen LogP contribution in [0.15, 0.2) is 48.5 Å². The maximum atomic E-state index is 12.1. The summed E-state index contributed by atoms with van der Waals surface area (Å²) in [6.07, 6.45) is 1.59. The van der Waals surface area contributed by atoms with Crippen molar-refractivity contribution in [1.82, 2.24) is 19.9 Å². The number of nitrogens with one attached hydrogen (secondary N) is 2. The number of ether oxygens (including phenoxy) is 1. The summed E-state index contributed by atoms with van der Waals surface area (Å²) in [7, 11) is 0. The van der Waals surface area contributed by atoms with Crippen molar-refractivity contribution >= 4 is 35.5 Å². The van der Waals surface area contributed by atoms with E-state index in [4.69, 9.17) is 26.3 Å². The summed E-state index contributed by atoms with van der Waals surface area (Å²) in [5.41, 5.74) is 3.80. The molecule has 0 bridgehead atoms. The average molecular weight is 508 g/mol. The molecule has 188 valence electrons. The standard InChI is InChI=1S/C26H30ClN7O2/c1-2-36-26(35)34-13-11-33(12-14-34)25-31-23(28-17-18-7-9-21(27)10-8-18)30-24(32-25)29-22-15-19-5-3-4-6-20(19)16-22/h3-10,22H,2,11-17H2,1H3,(H2,28,29,30,31,32). The first kappa shape index (κ1) is 24.1. The molecule has 0 spiro atoms. The Balaban J connectivity index is 1.31. The molecule has 10 heteroatoms. The molecule has 0 unspecified atom stereocenters. The van der Waals surface area contributed by atoms with Gasteiger partial charge in [0.1, 0.15) is 0 Å². The SMILES string of the molecule is CCOC(=O)N1CCN(c2nc(NCc3ccc(Cl)cc3)nc(NC3Cc4ccccc4C3)n2)CC1. The molecular weight excluding hydrogens is 478 g/mol.